The Hall–Kier alpha value is -2.18. The van der Waals surface area contributed by atoms with Crippen LogP contribution < -0.4 is 10.1 Å². The summed E-state index contributed by atoms with van der Waals surface area (Å²) in [7, 11) is 1.63. The monoisotopic (exact) mass is 410 g/mol. The Morgan fingerprint density at radius 1 is 1.21 bits per heavy atom. The molecule has 0 saturated carbocycles. The lowest BCUT2D eigenvalue weighted by molar-refractivity contribution is -0.134. The predicted octanol–water partition coefficient (Wildman–Crippen LogP) is 3.89. The van der Waals surface area contributed by atoms with Crippen LogP contribution in [0.3, 0.4) is 0 Å². The van der Waals surface area contributed by atoms with E-state index in [1.807, 2.05) is 29.2 Å². The van der Waals surface area contributed by atoms with Gasteiger partial charge in [-0.3, -0.25) is 4.79 Å². The number of nitrogens with one attached hydrogen (secondary N) is 1. The van der Waals surface area contributed by atoms with Crippen molar-refractivity contribution in [2.24, 2.45) is 0 Å². The minimum absolute atomic E-state index is 0. The van der Waals surface area contributed by atoms with E-state index < -0.39 is 11.6 Å². The average Bonchev–Trinajstić information content (AvgIpc) is 2.70. The van der Waals surface area contributed by atoms with E-state index in [0.29, 0.717) is 37.9 Å². The fraction of sp³-hybridized carbons (Fsp3) is 0.381. The van der Waals surface area contributed by atoms with Crippen LogP contribution in [-0.4, -0.2) is 37.6 Å². The smallest absolute Gasteiger partial charge is 0.223 e. The lowest BCUT2D eigenvalue weighted by Crippen LogP contribution is -2.48. The highest BCUT2D eigenvalue weighted by molar-refractivity contribution is 5.85. The molecule has 1 atom stereocenters. The van der Waals surface area contributed by atoms with Crippen molar-refractivity contribution in [1.29, 1.82) is 0 Å². The summed E-state index contributed by atoms with van der Waals surface area (Å²) in [6.07, 6.45) is 1.49. The minimum atomic E-state index is -0.852. The number of halogens is 3. The number of benzene rings is 2. The summed E-state index contributed by atoms with van der Waals surface area (Å²) < 4.78 is 31.8. The highest BCUT2D eigenvalue weighted by Gasteiger charge is 2.29. The first-order valence-corrected chi connectivity index (χ1v) is 9.17. The lowest BCUT2D eigenvalue weighted by atomic mass is 10.0. The van der Waals surface area contributed by atoms with Crippen molar-refractivity contribution in [3.63, 3.8) is 0 Å². The maximum atomic E-state index is 13.3. The second kappa shape index (κ2) is 10.4. The highest BCUT2D eigenvalue weighted by atomic mass is 35.5. The van der Waals surface area contributed by atoms with Gasteiger partial charge in [0.25, 0.3) is 0 Å². The first-order chi connectivity index (χ1) is 13.1. The van der Waals surface area contributed by atoms with E-state index in [9.17, 15) is 13.6 Å². The molecule has 0 spiro atoms. The van der Waals surface area contributed by atoms with Gasteiger partial charge >= 0.3 is 0 Å². The van der Waals surface area contributed by atoms with Gasteiger partial charge in [0.2, 0.25) is 5.91 Å². The third-order valence-electron chi connectivity index (χ3n) is 4.90. The zero-order valence-electron chi connectivity index (χ0n) is 15.8. The third-order valence-corrected chi connectivity index (χ3v) is 4.90. The molecule has 1 unspecified atom stereocenters. The van der Waals surface area contributed by atoms with Gasteiger partial charge in [0.05, 0.1) is 13.2 Å². The zero-order chi connectivity index (χ0) is 19.2. The van der Waals surface area contributed by atoms with Crippen LogP contribution in [0.4, 0.5) is 8.78 Å². The number of rotatable bonds is 6. The number of ether oxygens (including phenoxy) is 1. The Bertz CT molecular complexity index is 804. The molecule has 4 nitrogen and oxygen atoms in total. The number of para-hydroxylation sites is 1. The molecule has 0 radical (unpaired) electrons. The van der Waals surface area contributed by atoms with Gasteiger partial charge in [-0.25, -0.2) is 8.78 Å². The van der Waals surface area contributed by atoms with Crippen LogP contribution in [0.5, 0.6) is 5.75 Å². The number of piperazine rings is 1. The standard InChI is InChI=1S/C21H24F2N2O2.ClH/c1-27-20-7-3-2-6-16(20)19-14-24-11-12-25(19)21(26)8-4-5-15-9-10-17(22)18(23)13-15;/h2-3,6-7,9-10,13,19,24H,4-5,8,11-12,14H2,1H3;1H. The van der Waals surface area contributed by atoms with Gasteiger partial charge in [0, 0.05) is 31.6 Å². The first-order valence-electron chi connectivity index (χ1n) is 9.17. The highest BCUT2D eigenvalue weighted by Crippen LogP contribution is 2.30. The molecule has 1 fully saturated rings. The largest absolute Gasteiger partial charge is 0.496 e. The van der Waals surface area contributed by atoms with Crippen LogP contribution in [0.2, 0.25) is 0 Å². The maximum Gasteiger partial charge on any atom is 0.223 e. The number of amides is 1. The van der Waals surface area contributed by atoms with Crippen molar-refractivity contribution >= 4 is 18.3 Å². The van der Waals surface area contributed by atoms with Crippen LogP contribution in [0, 0.1) is 11.6 Å². The van der Waals surface area contributed by atoms with Crippen molar-refractivity contribution in [3.8, 4) is 5.75 Å². The van der Waals surface area contributed by atoms with Crippen molar-refractivity contribution < 1.29 is 18.3 Å². The Balaban J connectivity index is 0.00000280. The van der Waals surface area contributed by atoms with Crippen molar-refractivity contribution in [3.05, 3.63) is 65.2 Å². The summed E-state index contributed by atoms with van der Waals surface area (Å²) >= 11 is 0. The van der Waals surface area contributed by atoms with Gasteiger partial charge in [-0.2, -0.15) is 0 Å². The Morgan fingerprint density at radius 3 is 2.75 bits per heavy atom. The molecule has 1 aliphatic heterocycles. The van der Waals surface area contributed by atoms with Gasteiger partial charge in [-0.05, 0) is 36.6 Å². The minimum Gasteiger partial charge on any atom is -0.496 e. The van der Waals surface area contributed by atoms with Crippen LogP contribution in [0.1, 0.15) is 30.0 Å². The third kappa shape index (κ3) is 5.20. The summed E-state index contributed by atoms with van der Waals surface area (Å²) in [6, 6.07) is 11.5. The van der Waals surface area contributed by atoms with Gasteiger partial charge in [0.1, 0.15) is 5.75 Å². The summed E-state index contributed by atoms with van der Waals surface area (Å²) in [5, 5.41) is 3.34. The first kappa shape index (κ1) is 22.1. The molecule has 1 saturated heterocycles. The molecule has 152 valence electrons. The van der Waals surface area contributed by atoms with E-state index in [-0.39, 0.29) is 24.4 Å². The van der Waals surface area contributed by atoms with E-state index in [0.717, 1.165) is 23.9 Å². The van der Waals surface area contributed by atoms with E-state index in [4.69, 9.17) is 4.74 Å². The molecule has 1 N–H and O–H groups in total. The number of methoxy groups -OCH3 is 1. The van der Waals surface area contributed by atoms with Crippen LogP contribution >= 0.6 is 12.4 Å². The van der Waals surface area contributed by atoms with Crippen LogP contribution in [-0.2, 0) is 11.2 Å². The molecule has 1 aliphatic rings. The summed E-state index contributed by atoms with van der Waals surface area (Å²) in [5.74, 6) is -0.867. The fourth-order valence-electron chi connectivity index (χ4n) is 3.50. The number of carbonyl (C=O) groups is 1. The maximum absolute atomic E-state index is 13.3. The normalized spacial score (nSPS) is 16.4. The van der Waals surface area contributed by atoms with Crippen molar-refractivity contribution in [1.82, 2.24) is 10.2 Å². The van der Waals surface area contributed by atoms with Gasteiger partial charge < -0.3 is 15.0 Å². The van der Waals surface area contributed by atoms with Gasteiger partial charge in [-0.1, -0.05) is 24.3 Å². The molecule has 1 amide bonds. The summed E-state index contributed by atoms with van der Waals surface area (Å²) in [5.41, 5.74) is 1.68. The fourth-order valence-corrected chi connectivity index (χ4v) is 3.50. The molecule has 0 bridgehead atoms. The molecule has 3 rings (SSSR count). The molecule has 0 aliphatic carbocycles. The Morgan fingerprint density at radius 2 is 2.00 bits per heavy atom. The van der Waals surface area contributed by atoms with Crippen molar-refractivity contribution in [2.45, 2.75) is 25.3 Å². The van der Waals surface area contributed by atoms with E-state index in [1.165, 1.54) is 6.07 Å². The molecule has 28 heavy (non-hydrogen) atoms. The molecule has 0 aromatic heterocycles. The van der Waals surface area contributed by atoms with E-state index in [2.05, 4.69) is 5.32 Å². The summed E-state index contributed by atoms with van der Waals surface area (Å²) in [6.45, 7) is 2.06. The molecular formula is C21H25ClF2N2O2. The lowest BCUT2D eigenvalue weighted by Gasteiger charge is -2.37. The zero-order valence-corrected chi connectivity index (χ0v) is 16.6. The molecular weight excluding hydrogens is 386 g/mol. The SMILES string of the molecule is COc1ccccc1C1CNCCN1C(=O)CCCc1ccc(F)c(F)c1.Cl. The van der Waals surface area contributed by atoms with Crippen LogP contribution in [0.15, 0.2) is 42.5 Å². The molecule has 7 heteroatoms. The molecule has 2 aromatic rings. The van der Waals surface area contributed by atoms with Crippen LogP contribution in [0.25, 0.3) is 0 Å². The quantitative estimate of drug-likeness (QED) is 0.785. The van der Waals surface area contributed by atoms with Gasteiger partial charge in [-0.15, -0.1) is 12.4 Å². The van der Waals surface area contributed by atoms with E-state index in [1.54, 1.807) is 13.2 Å². The average molecular weight is 411 g/mol. The van der Waals surface area contributed by atoms with E-state index >= 15 is 0 Å². The van der Waals surface area contributed by atoms with Crippen molar-refractivity contribution in [2.75, 3.05) is 26.7 Å². The number of carbonyl (C=O) groups excluding carboxylic acids is 1. The second-order valence-corrected chi connectivity index (χ2v) is 6.65. The Labute approximate surface area is 170 Å². The second-order valence-electron chi connectivity index (χ2n) is 6.65. The number of aryl methyl sites for hydroxylation is 1. The number of nitrogens with zero attached hydrogens (tertiary/aromatic N) is 1. The number of hydrogen-bond acceptors (Lipinski definition) is 3. The summed E-state index contributed by atoms with van der Waals surface area (Å²) in [4.78, 5) is 14.7. The molecule has 2 aromatic carbocycles. The number of hydrogen-bond donors (Lipinski definition) is 1. The topological polar surface area (TPSA) is 41.6 Å². The Kier molecular flexibility index (Phi) is 8.20. The van der Waals surface area contributed by atoms with Gasteiger partial charge in [0.15, 0.2) is 11.6 Å². The predicted molar refractivity (Wildman–Crippen MR) is 107 cm³/mol. The molecule has 1 heterocycles.